The Labute approximate surface area is 124 Å². The van der Waals surface area contributed by atoms with Crippen LogP contribution < -0.4 is 4.90 Å². The average molecular weight is 279 g/mol. The largest absolute Gasteiger partial charge is 0.391 e. The van der Waals surface area contributed by atoms with Gasteiger partial charge in [-0.25, -0.2) is 9.97 Å². The van der Waals surface area contributed by atoms with Gasteiger partial charge in [0.2, 0.25) is 5.95 Å². The van der Waals surface area contributed by atoms with Crippen molar-refractivity contribution in [3.63, 3.8) is 0 Å². The van der Waals surface area contributed by atoms with Crippen LogP contribution in [0.15, 0.2) is 42.7 Å². The molecular weight excluding hydrogens is 262 g/mol. The summed E-state index contributed by atoms with van der Waals surface area (Å²) >= 11 is 0. The molecule has 1 N–H and O–H groups in total. The molecule has 4 heteroatoms. The quantitative estimate of drug-likeness (QED) is 0.578. The lowest BCUT2D eigenvalue weighted by Crippen LogP contribution is -2.38. The van der Waals surface area contributed by atoms with Gasteiger partial charge >= 0.3 is 0 Å². The first-order chi connectivity index (χ1) is 10.3. The summed E-state index contributed by atoms with van der Waals surface area (Å²) in [6, 6.07) is 12.7. The van der Waals surface area contributed by atoms with Gasteiger partial charge in [-0.3, -0.25) is 4.90 Å². The molecule has 4 rings (SSSR count). The molecule has 2 unspecified atom stereocenters. The van der Waals surface area contributed by atoms with E-state index in [4.69, 9.17) is 6.42 Å². The first-order valence-electron chi connectivity index (χ1n) is 7.10. The number of nitrogens with zero attached hydrogens (tertiary/aromatic N) is 3. The molecule has 0 saturated heterocycles. The first kappa shape index (κ1) is 13.6. The van der Waals surface area contributed by atoms with Crippen LogP contribution in [0.25, 0.3) is 11.1 Å². The highest BCUT2D eigenvalue weighted by Crippen LogP contribution is 2.32. The van der Waals surface area contributed by atoms with Crippen molar-refractivity contribution in [1.29, 1.82) is 0 Å². The van der Waals surface area contributed by atoms with Crippen molar-refractivity contribution < 1.29 is 5.11 Å². The zero-order valence-electron chi connectivity index (χ0n) is 11.7. The number of anilines is 1. The molecule has 106 valence electrons. The van der Waals surface area contributed by atoms with Crippen molar-refractivity contribution in [3.05, 3.63) is 42.7 Å². The molecule has 1 heterocycles. The molecule has 3 aliphatic carbocycles. The number of hydrogen-bond acceptors (Lipinski definition) is 4. The van der Waals surface area contributed by atoms with Crippen molar-refractivity contribution in [2.45, 2.75) is 31.4 Å². The molecule has 1 saturated carbocycles. The van der Waals surface area contributed by atoms with Crippen molar-refractivity contribution >= 4 is 5.95 Å². The second kappa shape index (κ2) is 5.94. The summed E-state index contributed by atoms with van der Waals surface area (Å²) in [5.41, 5.74) is 2.85. The van der Waals surface area contributed by atoms with Gasteiger partial charge in [-0.05, 0) is 42.5 Å². The standard InChI is InChI=1S/C11H13N3O.C6H4/c1-2-14(9-5-3-6-10(9)15)11-12-7-4-8-13-11;1-2-5-4-6(5)3-1/h1,4,7-10,15H,3,5-6H2;1-4H. The van der Waals surface area contributed by atoms with Crippen molar-refractivity contribution in [1.82, 2.24) is 9.97 Å². The zero-order valence-corrected chi connectivity index (χ0v) is 11.7. The van der Waals surface area contributed by atoms with E-state index in [1.54, 1.807) is 23.4 Å². The van der Waals surface area contributed by atoms with Gasteiger partial charge in [-0.2, -0.15) is 0 Å². The van der Waals surface area contributed by atoms with Crippen LogP contribution in [0, 0.1) is 12.5 Å². The maximum Gasteiger partial charge on any atom is 0.237 e. The van der Waals surface area contributed by atoms with Crippen LogP contribution in [-0.4, -0.2) is 27.2 Å². The fourth-order valence-corrected chi connectivity index (χ4v) is 2.62. The van der Waals surface area contributed by atoms with Gasteiger partial charge in [-0.15, -0.1) is 0 Å². The Morgan fingerprint density at radius 2 is 1.86 bits per heavy atom. The number of benzene rings is 1. The second-order valence-electron chi connectivity index (χ2n) is 5.19. The van der Waals surface area contributed by atoms with Crippen LogP contribution in [0.5, 0.6) is 0 Å². The molecule has 0 radical (unpaired) electrons. The zero-order chi connectivity index (χ0) is 14.7. The van der Waals surface area contributed by atoms with Crippen molar-refractivity contribution in [2.24, 2.45) is 0 Å². The topological polar surface area (TPSA) is 49.2 Å². The molecule has 0 bridgehead atoms. The lowest BCUT2D eigenvalue weighted by Gasteiger charge is -2.24. The van der Waals surface area contributed by atoms with E-state index in [-0.39, 0.29) is 12.1 Å². The predicted molar refractivity (Wildman–Crippen MR) is 82.4 cm³/mol. The fourth-order valence-electron chi connectivity index (χ4n) is 2.62. The van der Waals surface area contributed by atoms with Gasteiger partial charge in [0.1, 0.15) is 0 Å². The van der Waals surface area contributed by atoms with E-state index in [0.717, 1.165) is 19.3 Å². The molecule has 1 aromatic rings. The van der Waals surface area contributed by atoms with Gasteiger partial charge < -0.3 is 5.11 Å². The molecule has 0 spiro atoms. The van der Waals surface area contributed by atoms with Crippen LogP contribution in [0.4, 0.5) is 5.95 Å². The smallest absolute Gasteiger partial charge is 0.237 e. The molecule has 0 aliphatic heterocycles. The van der Waals surface area contributed by atoms with E-state index in [9.17, 15) is 5.11 Å². The number of terminal acetylenes is 1. The Morgan fingerprint density at radius 3 is 2.29 bits per heavy atom. The van der Waals surface area contributed by atoms with E-state index in [0.29, 0.717) is 5.95 Å². The molecule has 4 nitrogen and oxygen atoms in total. The van der Waals surface area contributed by atoms with Crippen molar-refractivity contribution in [2.75, 3.05) is 4.90 Å². The second-order valence-corrected chi connectivity index (χ2v) is 5.19. The molecule has 21 heavy (non-hydrogen) atoms. The minimum Gasteiger partial charge on any atom is -0.391 e. The Kier molecular flexibility index (Phi) is 3.85. The van der Waals surface area contributed by atoms with Gasteiger partial charge in [0.05, 0.1) is 12.1 Å². The molecule has 1 aromatic heterocycles. The third kappa shape index (κ3) is 3.04. The maximum atomic E-state index is 9.76. The van der Waals surface area contributed by atoms with E-state index in [2.05, 4.69) is 40.3 Å². The minimum absolute atomic E-state index is 0.0441. The highest BCUT2D eigenvalue weighted by molar-refractivity contribution is 5.80. The van der Waals surface area contributed by atoms with Gasteiger partial charge in [0.15, 0.2) is 0 Å². The number of hydrogen-bond donors (Lipinski definition) is 1. The highest BCUT2D eigenvalue weighted by atomic mass is 16.3. The average Bonchev–Trinajstić information content (AvgIpc) is 2.91. The summed E-state index contributed by atoms with van der Waals surface area (Å²) in [6.45, 7) is 0. The summed E-state index contributed by atoms with van der Waals surface area (Å²) in [4.78, 5) is 9.80. The van der Waals surface area contributed by atoms with Gasteiger partial charge in [-0.1, -0.05) is 24.6 Å². The summed E-state index contributed by atoms with van der Waals surface area (Å²) in [7, 11) is 0. The van der Waals surface area contributed by atoms with Gasteiger partial charge in [0, 0.05) is 18.4 Å². The predicted octanol–water partition coefficient (Wildman–Crippen LogP) is 2.45. The lowest BCUT2D eigenvalue weighted by atomic mass is 10.2. The molecule has 3 aliphatic rings. The van der Waals surface area contributed by atoms with Crippen LogP contribution >= 0.6 is 0 Å². The molecule has 0 aromatic carbocycles. The summed E-state index contributed by atoms with van der Waals surface area (Å²) < 4.78 is 0. The third-order valence-corrected chi connectivity index (χ3v) is 3.79. The van der Waals surface area contributed by atoms with E-state index >= 15 is 0 Å². The van der Waals surface area contributed by atoms with Crippen LogP contribution in [0.3, 0.4) is 0 Å². The van der Waals surface area contributed by atoms with Gasteiger partial charge in [0.25, 0.3) is 0 Å². The van der Waals surface area contributed by atoms with E-state index in [1.807, 2.05) is 0 Å². The number of aliphatic hydroxyl groups excluding tert-OH is 1. The normalized spacial score (nSPS) is 21.0. The van der Waals surface area contributed by atoms with Crippen molar-refractivity contribution in [3.8, 4) is 23.6 Å². The Hall–Kier alpha value is -2.38. The third-order valence-electron chi connectivity index (χ3n) is 3.79. The minimum atomic E-state index is -0.371. The highest BCUT2D eigenvalue weighted by Gasteiger charge is 2.31. The number of aromatic nitrogens is 2. The summed E-state index contributed by atoms with van der Waals surface area (Å²) in [6.07, 6.45) is 11.0. The summed E-state index contributed by atoms with van der Waals surface area (Å²) in [5, 5.41) is 9.76. The number of fused-ring (bicyclic) bond motifs is 1. The van der Waals surface area contributed by atoms with Crippen LogP contribution in [0.1, 0.15) is 19.3 Å². The Bertz CT molecular complexity index is 633. The fraction of sp³-hybridized carbons (Fsp3) is 0.294. The maximum absolute atomic E-state index is 9.76. The molecular formula is C17H17N3O. The molecule has 2 atom stereocenters. The van der Waals surface area contributed by atoms with Crippen LogP contribution in [-0.2, 0) is 0 Å². The number of rotatable bonds is 2. The Balaban J connectivity index is 0.000000180. The SMILES string of the molecule is C#CN(c1ncccn1)C1CCCC1O.c1cc2cc-2c1. The monoisotopic (exact) mass is 279 g/mol. The van der Waals surface area contributed by atoms with E-state index < -0.39 is 0 Å². The Morgan fingerprint density at radius 1 is 1.14 bits per heavy atom. The number of aliphatic hydroxyl groups is 1. The molecule has 0 amide bonds. The van der Waals surface area contributed by atoms with Crippen LogP contribution in [0.2, 0.25) is 0 Å². The molecule has 1 fully saturated rings. The van der Waals surface area contributed by atoms with E-state index in [1.165, 1.54) is 11.1 Å². The summed E-state index contributed by atoms with van der Waals surface area (Å²) in [5.74, 6) is 0.492. The first-order valence-corrected chi connectivity index (χ1v) is 7.10. The lowest BCUT2D eigenvalue weighted by molar-refractivity contribution is 0.164.